The van der Waals surface area contributed by atoms with E-state index in [1.807, 2.05) is 42.5 Å². The average Bonchev–Trinajstić information content (AvgIpc) is 2.78. The molecule has 0 spiro atoms. The summed E-state index contributed by atoms with van der Waals surface area (Å²) in [4.78, 5) is 21.0. The van der Waals surface area contributed by atoms with Crippen molar-refractivity contribution in [2.75, 3.05) is 13.7 Å². The van der Waals surface area contributed by atoms with E-state index >= 15 is 0 Å². The van der Waals surface area contributed by atoms with Gasteiger partial charge in [0.05, 0.1) is 31.6 Å². The molecule has 0 saturated heterocycles. The molecule has 1 heterocycles. The lowest BCUT2D eigenvalue weighted by Crippen LogP contribution is -2.23. The molecule has 1 aromatic heterocycles. The van der Waals surface area contributed by atoms with Crippen LogP contribution >= 0.6 is 0 Å². The van der Waals surface area contributed by atoms with E-state index in [-0.39, 0.29) is 5.91 Å². The number of methoxy groups -OCH3 is 1. The van der Waals surface area contributed by atoms with Gasteiger partial charge in [0.2, 0.25) is 0 Å². The molecule has 0 bridgehead atoms. The minimum atomic E-state index is -0.158. The number of rotatable bonds is 9. The number of ether oxygens (including phenoxy) is 2. The minimum absolute atomic E-state index is 0.158. The molecule has 0 saturated carbocycles. The van der Waals surface area contributed by atoms with Crippen LogP contribution < -0.4 is 14.8 Å². The fourth-order valence-corrected chi connectivity index (χ4v) is 2.72. The van der Waals surface area contributed by atoms with Crippen LogP contribution in [0, 0.1) is 0 Å². The topological polar surface area (TPSA) is 73.3 Å². The first-order valence-electron chi connectivity index (χ1n) is 9.66. The van der Waals surface area contributed by atoms with Crippen molar-refractivity contribution in [3.05, 3.63) is 72.2 Å². The highest BCUT2D eigenvalue weighted by atomic mass is 16.5. The maximum atomic E-state index is 12.4. The third-order valence-electron chi connectivity index (χ3n) is 4.42. The molecule has 1 amide bonds. The molecule has 0 radical (unpaired) electrons. The number of unbranched alkanes of at least 4 members (excludes halogenated alkanes) is 1. The monoisotopic (exact) mass is 391 g/mol. The predicted octanol–water partition coefficient (Wildman–Crippen LogP) is 4.26. The van der Waals surface area contributed by atoms with Crippen LogP contribution in [0.25, 0.3) is 11.3 Å². The maximum Gasteiger partial charge on any atom is 0.251 e. The summed E-state index contributed by atoms with van der Waals surface area (Å²) in [6.07, 6.45) is 3.60. The van der Waals surface area contributed by atoms with Crippen molar-refractivity contribution in [3.8, 4) is 22.8 Å². The van der Waals surface area contributed by atoms with Crippen LogP contribution in [-0.2, 0) is 6.54 Å². The van der Waals surface area contributed by atoms with Gasteiger partial charge >= 0.3 is 0 Å². The zero-order valence-corrected chi connectivity index (χ0v) is 16.7. The second-order valence-corrected chi connectivity index (χ2v) is 6.53. The van der Waals surface area contributed by atoms with Gasteiger partial charge in [0.25, 0.3) is 5.91 Å². The quantitative estimate of drug-likeness (QED) is 0.552. The van der Waals surface area contributed by atoms with E-state index in [4.69, 9.17) is 9.47 Å². The Morgan fingerprint density at radius 1 is 1.00 bits per heavy atom. The van der Waals surface area contributed by atoms with E-state index in [9.17, 15) is 4.79 Å². The summed E-state index contributed by atoms with van der Waals surface area (Å²) in [6, 6.07) is 16.7. The standard InChI is InChI=1S/C23H25N3O3/c1-3-4-13-29-21-11-7-18(8-12-21)23(27)24-15-19-14-22(26-16-25-19)17-5-9-20(28-2)10-6-17/h5-12,14,16H,3-4,13,15H2,1-2H3,(H,24,27). The smallest absolute Gasteiger partial charge is 0.251 e. The Bertz CT molecular complexity index is 925. The summed E-state index contributed by atoms with van der Waals surface area (Å²) in [6.45, 7) is 3.12. The van der Waals surface area contributed by atoms with Crippen molar-refractivity contribution in [3.63, 3.8) is 0 Å². The highest BCUT2D eigenvalue weighted by Gasteiger charge is 2.08. The third kappa shape index (κ3) is 5.78. The molecule has 3 rings (SSSR count). The van der Waals surface area contributed by atoms with Crippen LogP contribution in [0.1, 0.15) is 35.8 Å². The molecule has 150 valence electrons. The zero-order valence-electron chi connectivity index (χ0n) is 16.7. The van der Waals surface area contributed by atoms with E-state index in [2.05, 4.69) is 22.2 Å². The first-order chi connectivity index (χ1) is 14.2. The number of carbonyl (C=O) groups excluding carboxylic acids is 1. The summed E-state index contributed by atoms with van der Waals surface area (Å²) in [5.74, 6) is 1.40. The molecular weight excluding hydrogens is 366 g/mol. The fourth-order valence-electron chi connectivity index (χ4n) is 2.72. The van der Waals surface area contributed by atoms with Crippen LogP contribution in [0.15, 0.2) is 60.9 Å². The first-order valence-corrected chi connectivity index (χ1v) is 9.66. The van der Waals surface area contributed by atoms with Crippen LogP contribution in [0.5, 0.6) is 11.5 Å². The van der Waals surface area contributed by atoms with E-state index in [1.54, 1.807) is 19.2 Å². The lowest BCUT2D eigenvalue weighted by Gasteiger charge is -2.08. The number of carbonyl (C=O) groups is 1. The number of benzene rings is 2. The van der Waals surface area contributed by atoms with Crippen LogP contribution in [0.3, 0.4) is 0 Å². The lowest BCUT2D eigenvalue weighted by molar-refractivity contribution is 0.0950. The zero-order chi connectivity index (χ0) is 20.5. The second kappa shape index (κ2) is 10.2. The van der Waals surface area contributed by atoms with Crippen molar-refractivity contribution < 1.29 is 14.3 Å². The SMILES string of the molecule is CCCCOc1ccc(C(=O)NCc2cc(-c3ccc(OC)cc3)ncn2)cc1. The summed E-state index contributed by atoms with van der Waals surface area (Å²) < 4.78 is 10.8. The molecule has 0 unspecified atom stereocenters. The Kier molecular flexibility index (Phi) is 7.16. The van der Waals surface area contributed by atoms with Crippen LogP contribution in [0.2, 0.25) is 0 Å². The molecule has 2 aromatic carbocycles. The van der Waals surface area contributed by atoms with Crippen molar-refractivity contribution in [1.82, 2.24) is 15.3 Å². The van der Waals surface area contributed by atoms with Gasteiger partial charge in [-0.15, -0.1) is 0 Å². The van der Waals surface area contributed by atoms with E-state index in [0.29, 0.717) is 18.7 Å². The molecule has 0 aliphatic carbocycles. The van der Waals surface area contributed by atoms with E-state index in [1.165, 1.54) is 6.33 Å². The molecule has 6 heteroatoms. The largest absolute Gasteiger partial charge is 0.497 e. The molecule has 0 aliphatic heterocycles. The lowest BCUT2D eigenvalue weighted by atomic mass is 10.1. The number of hydrogen-bond donors (Lipinski definition) is 1. The van der Waals surface area contributed by atoms with E-state index in [0.717, 1.165) is 41.3 Å². The van der Waals surface area contributed by atoms with Crippen molar-refractivity contribution in [2.45, 2.75) is 26.3 Å². The average molecular weight is 391 g/mol. The van der Waals surface area contributed by atoms with Gasteiger partial charge in [-0.25, -0.2) is 9.97 Å². The van der Waals surface area contributed by atoms with Gasteiger partial charge < -0.3 is 14.8 Å². The van der Waals surface area contributed by atoms with Gasteiger partial charge in [-0.3, -0.25) is 4.79 Å². The summed E-state index contributed by atoms with van der Waals surface area (Å²) in [5.41, 5.74) is 3.07. The normalized spacial score (nSPS) is 10.4. The molecule has 1 N–H and O–H groups in total. The number of nitrogens with one attached hydrogen (secondary N) is 1. The summed E-state index contributed by atoms with van der Waals surface area (Å²) in [5, 5.41) is 2.89. The Morgan fingerprint density at radius 3 is 2.41 bits per heavy atom. The third-order valence-corrected chi connectivity index (χ3v) is 4.42. The summed E-state index contributed by atoms with van der Waals surface area (Å²) in [7, 11) is 1.63. The van der Waals surface area contributed by atoms with Gasteiger partial charge in [0, 0.05) is 11.1 Å². The first kappa shape index (κ1) is 20.3. The summed E-state index contributed by atoms with van der Waals surface area (Å²) >= 11 is 0. The van der Waals surface area contributed by atoms with E-state index < -0.39 is 0 Å². The molecule has 0 fully saturated rings. The maximum absolute atomic E-state index is 12.4. The van der Waals surface area contributed by atoms with Gasteiger partial charge in [0.15, 0.2) is 0 Å². The minimum Gasteiger partial charge on any atom is -0.497 e. The molecule has 6 nitrogen and oxygen atoms in total. The molecule has 0 atom stereocenters. The highest BCUT2D eigenvalue weighted by molar-refractivity contribution is 5.94. The Labute approximate surface area is 170 Å². The molecule has 0 aliphatic rings. The highest BCUT2D eigenvalue weighted by Crippen LogP contribution is 2.20. The van der Waals surface area contributed by atoms with Gasteiger partial charge in [-0.1, -0.05) is 13.3 Å². The predicted molar refractivity (Wildman–Crippen MR) is 112 cm³/mol. The number of nitrogens with zero attached hydrogens (tertiary/aromatic N) is 2. The van der Waals surface area contributed by atoms with Crippen LogP contribution in [-0.4, -0.2) is 29.6 Å². The van der Waals surface area contributed by atoms with Crippen LogP contribution in [0.4, 0.5) is 0 Å². The van der Waals surface area contributed by atoms with Gasteiger partial charge in [0.1, 0.15) is 17.8 Å². The fraction of sp³-hybridized carbons (Fsp3) is 0.261. The second-order valence-electron chi connectivity index (χ2n) is 6.53. The van der Waals surface area contributed by atoms with Gasteiger partial charge in [-0.2, -0.15) is 0 Å². The molecule has 29 heavy (non-hydrogen) atoms. The molecular formula is C23H25N3O3. The Balaban J connectivity index is 1.58. The number of amides is 1. The number of hydrogen-bond acceptors (Lipinski definition) is 5. The number of aromatic nitrogens is 2. The molecule has 3 aromatic rings. The van der Waals surface area contributed by atoms with Crippen molar-refractivity contribution >= 4 is 5.91 Å². The Hall–Kier alpha value is -3.41. The van der Waals surface area contributed by atoms with Crippen molar-refractivity contribution in [2.24, 2.45) is 0 Å². The Morgan fingerprint density at radius 2 is 1.72 bits per heavy atom. The van der Waals surface area contributed by atoms with Crippen molar-refractivity contribution in [1.29, 1.82) is 0 Å². The van der Waals surface area contributed by atoms with Gasteiger partial charge in [-0.05, 0) is 61.0 Å².